The van der Waals surface area contributed by atoms with Crippen LogP contribution in [0.25, 0.3) is 10.2 Å². The molecule has 0 spiro atoms. The SMILES string of the molecule is C[C@@H](NC(=O)CCCc1nc2ccccc2s1)c1ccc(Cl)cc1. The molecule has 1 N–H and O–H groups in total. The van der Waals surface area contributed by atoms with E-state index in [0.29, 0.717) is 11.4 Å². The predicted molar refractivity (Wildman–Crippen MR) is 101 cm³/mol. The minimum absolute atomic E-state index is 0.0165. The van der Waals surface area contributed by atoms with Crippen molar-refractivity contribution in [2.75, 3.05) is 0 Å². The maximum absolute atomic E-state index is 12.1. The number of amides is 1. The topological polar surface area (TPSA) is 42.0 Å². The lowest BCUT2D eigenvalue weighted by molar-refractivity contribution is -0.121. The van der Waals surface area contributed by atoms with Gasteiger partial charge in [0.2, 0.25) is 5.91 Å². The van der Waals surface area contributed by atoms with Crippen molar-refractivity contribution in [2.45, 2.75) is 32.2 Å². The maximum atomic E-state index is 12.1. The van der Waals surface area contributed by atoms with Gasteiger partial charge in [0.1, 0.15) is 0 Å². The lowest BCUT2D eigenvalue weighted by Gasteiger charge is -2.14. The smallest absolute Gasteiger partial charge is 0.220 e. The molecule has 0 saturated heterocycles. The monoisotopic (exact) mass is 358 g/mol. The van der Waals surface area contributed by atoms with Crippen molar-refractivity contribution in [3.05, 3.63) is 64.1 Å². The van der Waals surface area contributed by atoms with Crippen molar-refractivity contribution in [3.8, 4) is 0 Å². The first kappa shape index (κ1) is 16.9. The first-order chi connectivity index (χ1) is 11.6. The standard InChI is InChI=1S/C19H19ClN2OS/c1-13(14-9-11-15(20)12-10-14)21-18(23)7-4-8-19-22-16-5-2-3-6-17(16)24-19/h2-3,5-6,9-13H,4,7-8H2,1H3,(H,21,23)/t13-/m1/s1. The molecule has 3 aromatic rings. The number of carbonyl (C=O) groups is 1. The lowest BCUT2D eigenvalue weighted by Crippen LogP contribution is -2.26. The Morgan fingerprint density at radius 1 is 1.21 bits per heavy atom. The maximum Gasteiger partial charge on any atom is 0.220 e. The van der Waals surface area contributed by atoms with Gasteiger partial charge in [0.05, 0.1) is 21.3 Å². The highest BCUT2D eigenvalue weighted by molar-refractivity contribution is 7.18. The van der Waals surface area contributed by atoms with Crippen molar-refractivity contribution >= 4 is 39.1 Å². The summed E-state index contributed by atoms with van der Waals surface area (Å²) in [6.07, 6.45) is 2.15. The van der Waals surface area contributed by atoms with E-state index in [1.54, 1.807) is 11.3 Å². The van der Waals surface area contributed by atoms with Gasteiger partial charge in [-0.1, -0.05) is 35.9 Å². The van der Waals surface area contributed by atoms with Crippen molar-refractivity contribution in [1.82, 2.24) is 10.3 Å². The molecule has 0 aliphatic rings. The summed E-state index contributed by atoms with van der Waals surface area (Å²) in [6, 6.07) is 15.7. The predicted octanol–water partition coefficient (Wildman–Crippen LogP) is 5.15. The number of rotatable bonds is 6. The number of halogens is 1. The summed E-state index contributed by atoms with van der Waals surface area (Å²) < 4.78 is 1.20. The van der Waals surface area contributed by atoms with E-state index in [1.165, 1.54) is 4.70 Å². The molecule has 0 fully saturated rings. The van der Waals surface area contributed by atoms with E-state index in [1.807, 2.05) is 49.4 Å². The largest absolute Gasteiger partial charge is 0.350 e. The summed E-state index contributed by atoms with van der Waals surface area (Å²) in [6.45, 7) is 1.98. The molecule has 0 bridgehead atoms. The molecule has 0 unspecified atom stereocenters. The summed E-state index contributed by atoms with van der Waals surface area (Å²) >= 11 is 7.59. The summed E-state index contributed by atoms with van der Waals surface area (Å²) in [5, 5.41) is 4.82. The molecule has 1 heterocycles. The van der Waals surface area contributed by atoms with Crippen molar-refractivity contribution < 1.29 is 4.79 Å². The van der Waals surface area contributed by atoms with Crippen LogP contribution in [0.2, 0.25) is 5.02 Å². The molecule has 5 heteroatoms. The van der Waals surface area contributed by atoms with Crippen LogP contribution in [-0.4, -0.2) is 10.9 Å². The van der Waals surface area contributed by atoms with Gasteiger partial charge in [-0.2, -0.15) is 0 Å². The molecule has 0 radical (unpaired) electrons. The highest BCUT2D eigenvalue weighted by Gasteiger charge is 2.10. The Bertz CT molecular complexity index is 796. The molecular formula is C19H19ClN2OS. The summed E-state index contributed by atoms with van der Waals surface area (Å²) in [5.41, 5.74) is 2.09. The third kappa shape index (κ3) is 4.34. The van der Waals surface area contributed by atoms with E-state index in [0.717, 1.165) is 28.9 Å². The fourth-order valence-electron chi connectivity index (χ4n) is 2.58. The second kappa shape index (κ2) is 7.77. The number of para-hydroxylation sites is 1. The number of fused-ring (bicyclic) bond motifs is 1. The Morgan fingerprint density at radius 2 is 1.96 bits per heavy atom. The quantitative estimate of drug-likeness (QED) is 0.662. The van der Waals surface area contributed by atoms with Gasteiger partial charge in [-0.25, -0.2) is 4.98 Å². The second-order valence-electron chi connectivity index (χ2n) is 5.77. The van der Waals surface area contributed by atoms with E-state index < -0.39 is 0 Å². The Labute approximate surface area is 150 Å². The second-order valence-corrected chi connectivity index (χ2v) is 7.32. The normalized spacial score (nSPS) is 12.2. The van der Waals surface area contributed by atoms with Crippen LogP contribution in [0, 0.1) is 0 Å². The molecule has 0 aliphatic heterocycles. The third-order valence-corrected chi connectivity index (χ3v) is 5.23. The molecular weight excluding hydrogens is 340 g/mol. The number of nitrogens with zero attached hydrogens (tertiary/aromatic N) is 1. The number of aryl methyl sites for hydroxylation is 1. The van der Waals surface area contributed by atoms with Crippen molar-refractivity contribution in [3.63, 3.8) is 0 Å². The Hall–Kier alpha value is -1.91. The number of nitrogens with one attached hydrogen (secondary N) is 1. The zero-order chi connectivity index (χ0) is 16.9. The molecule has 1 amide bonds. The average Bonchev–Trinajstić information content (AvgIpc) is 2.98. The van der Waals surface area contributed by atoms with Gasteiger partial charge in [-0.3, -0.25) is 4.79 Å². The van der Waals surface area contributed by atoms with Gasteiger partial charge in [-0.15, -0.1) is 11.3 Å². The molecule has 0 aliphatic carbocycles. The van der Waals surface area contributed by atoms with Gasteiger partial charge >= 0.3 is 0 Å². The fourth-order valence-corrected chi connectivity index (χ4v) is 3.71. The minimum Gasteiger partial charge on any atom is -0.350 e. The summed E-state index contributed by atoms with van der Waals surface area (Å²) in [4.78, 5) is 16.7. The highest BCUT2D eigenvalue weighted by Crippen LogP contribution is 2.23. The molecule has 3 rings (SSSR count). The highest BCUT2D eigenvalue weighted by atomic mass is 35.5. The van der Waals surface area contributed by atoms with E-state index >= 15 is 0 Å². The zero-order valence-corrected chi connectivity index (χ0v) is 15.0. The van der Waals surface area contributed by atoms with Crippen LogP contribution in [0.4, 0.5) is 0 Å². The van der Waals surface area contributed by atoms with Gasteiger partial charge in [-0.05, 0) is 49.6 Å². The number of carbonyl (C=O) groups excluding carboxylic acids is 1. The molecule has 0 saturated carbocycles. The third-order valence-electron chi connectivity index (χ3n) is 3.88. The first-order valence-corrected chi connectivity index (χ1v) is 9.20. The zero-order valence-electron chi connectivity index (χ0n) is 13.5. The van der Waals surface area contributed by atoms with Crippen molar-refractivity contribution in [2.24, 2.45) is 0 Å². The number of benzene rings is 2. The van der Waals surface area contributed by atoms with E-state index in [2.05, 4.69) is 16.4 Å². The van der Waals surface area contributed by atoms with Gasteiger partial charge in [0.25, 0.3) is 0 Å². The van der Waals surface area contributed by atoms with Gasteiger partial charge in [0, 0.05) is 11.4 Å². The lowest BCUT2D eigenvalue weighted by atomic mass is 10.1. The number of aromatic nitrogens is 1. The van der Waals surface area contributed by atoms with Gasteiger partial charge in [0.15, 0.2) is 0 Å². The van der Waals surface area contributed by atoms with E-state index in [9.17, 15) is 4.79 Å². The molecule has 124 valence electrons. The number of hydrogen-bond acceptors (Lipinski definition) is 3. The Morgan fingerprint density at radius 3 is 2.71 bits per heavy atom. The summed E-state index contributed by atoms with van der Waals surface area (Å²) in [5.74, 6) is 0.0681. The van der Waals surface area contributed by atoms with E-state index in [4.69, 9.17) is 11.6 Å². The fraction of sp³-hybridized carbons (Fsp3) is 0.263. The van der Waals surface area contributed by atoms with Crippen LogP contribution < -0.4 is 5.32 Å². The van der Waals surface area contributed by atoms with Crippen molar-refractivity contribution in [1.29, 1.82) is 0 Å². The number of hydrogen-bond donors (Lipinski definition) is 1. The first-order valence-electron chi connectivity index (χ1n) is 8.01. The molecule has 2 aromatic carbocycles. The average molecular weight is 359 g/mol. The molecule has 1 atom stereocenters. The van der Waals surface area contributed by atoms with Crippen LogP contribution in [0.5, 0.6) is 0 Å². The van der Waals surface area contributed by atoms with Crippen LogP contribution in [0.3, 0.4) is 0 Å². The minimum atomic E-state index is -0.0165. The van der Waals surface area contributed by atoms with Crippen LogP contribution >= 0.6 is 22.9 Å². The Balaban J connectivity index is 1.47. The summed E-state index contributed by atoms with van der Waals surface area (Å²) in [7, 11) is 0. The van der Waals surface area contributed by atoms with E-state index in [-0.39, 0.29) is 11.9 Å². The molecule has 3 nitrogen and oxygen atoms in total. The van der Waals surface area contributed by atoms with Crippen LogP contribution in [-0.2, 0) is 11.2 Å². The number of thiazole rings is 1. The molecule has 24 heavy (non-hydrogen) atoms. The van der Waals surface area contributed by atoms with Crippen LogP contribution in [0.15, 0.2) is 48.5 Å². The van der Waals surface area contributed by atoms with Crippen LogP contribution in [0.1, 0.15) is 36.4 Å². The molecule has 1 aromatic heterocycles. The van der Waals surface area contributed by atoms with Gasteiger partial charge < -0.3 is 5.32 Å². The Kier molecular flexibility index (Phi) is 5.48.